The molecule has 26 heavy (non-hydrogen) atoms. The molecule has 0 unspecified atom stereocenters. The molecule has 0 radical (unpaired) electrons. The lowest BCUT2D eigenvalue weighted by molar-refractivity contribution is -0.114. The zero-order valence-electron chi connectivity index (χ0n) is 14.7. The van der Waals surface area contributed by atoms with Crippen molar-refractivity contribution in [3.63, 3.8) is 0 Å². The molecule has 2 aromatic rings. The van der Waals surface area contributed by atoms with Gasteiger partial charge in [-0.25, -0.2) is 4.39 Å². The van der Waals surface area contributed by atoms with Crippen molar-refractivity contribution in [1.29, 1.82) is 0 Å². The van der Waals surface area contributed by atoms with Gasteiger partial charge in [0.2, 0.25) is 5.91 Å². The van der Waals surface area contributed by atoms with E-state index in [1.807, 2.05) is 17.0 Å². The van der Waals surface area contributed by atoms with Crippen LogP contribution in [0.15, 0.2) is 42.7 Å². The number of carbonyl (C=O) groups is 2. The van der Waals surface area contributed by atoms with Gasteiger partial charge in [-0.2, -0.15) is 0 Å². The highest BCUT2D eigenvalue weighted by atomic mass is 19.1. The Labute approximate surface area is 152 Å². The Bertz CT molecular complexity index is 795. The maximum Gasteiger partial charge on any atom is 0.254 e. The maximum atomic E-state index is 13.9. The lowest BCUT2D eigenvalue weighted by atomic mass is 10.0. The van der Waals surface area contributed by atoms with Crippen LogP contribution in [0.4, 0.5) is 10.1 Å². The van der Waals surface area contributed by atoms with Crippen LogP contribution >= 0.6 is 0 Å². The summed E-state index contributed by atoms with van der Waals surface area (Å²) in [6.07, 6.45) is 7.41. The zero-order chi connectivity index (χ0) is 18.5. The van der Waals surface area contributed by atoms with E-state index < -0.39 is 5.82 Å². The van der Waals surface area contributed by atoms with Gasteiger partial charge in [-0.3, -0.25) is 14.6 Å². The molecule has 0 bridgehead atoms. The Hall–Kier alpha value is -2.76. The van der Waals surface area contributed by atoms with Gasteiger partial charge in [0.1, 0.15) is 5.82 Å². The monoisotopic (exact) mass is 355 g/mol. The van der Waals surface area contributed by atoms with Crippen LogP contribution < -0.4 is 5.32 Å². The summed E-state index contributed by atoms with van der Waals surface area (Å²) in [5, 5.41) is 2.43. The number of nitrogens with one attached hydrogen (secondary N) is 1. The number of hydrogen-bond donors (Lipinski definition) is 1. The molecule has 0 aliphatic carbocycles. The predicted molar refractivity (Wildman–Crippen MR) is 97.2 cm³/mol. The fourth-order valence-electron chi connectivity index (χ4n) is 3.39. The molecular formula is C20H22FN3O2. The van der Waals surface area contributed by atoms with E-state index in [1.54, 1.807) is 12.4 Å². The number of hydrogen-bond acceptors (Lipinski definition) is 3. The van der Waals surface area contributed by atoms with Crippen molar-refractivity contribution in [3.05, 3.63) is 59.7 Å². The molecule has 1 aromatic heterocycles. The van der Waals surface area contributed by atoms with Crippen LogP contribution in [0.1, 0.15) is 54.6 Å². The quantitative estimate of drug-likeness (QED) is 0.907. The first-order chi connectivity index (χ1) is 12.6. The molecule has 1 atom stereocenters. The van der Waals surface area contributed by atoms with E-state index in [4.69, 9.17) is 0 Å². The Morgan fingerprint density at radius 2 is 1.92 bits per heavy atom. The molecule has 6 heteroatoms. The number of nitrogens with zero attached hydrogens (tertiary/aromatic N) is 2. The van der Waals surface area contributed by atoms with Crippen molar-refractivity contribution in [1.82, 2.24) is 9.88 Å². The molecule has 1 N–H and O–H groups in total. The molecule has 1 fully saturated rings. The van der Waals surface area contributed by atoms with Gasteiger partial charge in [-0.15, -0.1) is 0 Å². The highest BCUT2D eigenvalue weighted by Gasteiger charge is 2.28. The van der Waals surface area contributed by atoms with Gasteiger partial charge in [0.25, 0.3) is 5.91 Å². The Balaban J connectivity index is 1.92. The number of anilines is 1. The summed E-state index contributed by atoms with van der Waals surface area (Å²) >= 11 is 0. The first kappa shape index (κ1) is 18.0. The van der Waals surface area contributed by atoms with Crippen LogP contribution in [-0.2, 0) is 4.79 Å². The van der Waals surface area contributed by atoms with E-state index >= 15 is 0 Å². The number of benzene rings is 1. The van der Waals surface area contributed by atoms with Gasteiger partial charge in [0.05, 0.1) is 11.7 Å². The summed E-state index contributed by atoms with van der Waals surface area (Å²) in [6, 6.07) is 7.94. The third kappa shape index (κ3) is 4.07. The third-order valence-electron chi connectivity index (χ3n) is 4.63. The van der Waals surface area contributed by atoms with Crippen molar-refractivity contribution < 1.29 is 14.0 Å². The fraction of sp³-hybridized carbons (Fsp3) is 0.350. The van der Waals surface area contributed by atoms with Crippen LogP contribution in [-0.4, -0.2) is 28.2 Å². The maximum absolute atomic E-state index is 13.9. The van der Waals surface area contributed by atoms with Crippen molar-refractivity contribution >= 4 is 17.5 Å². The molecule has 5 nitrogen and oxygen atoms in total. The minimum atomic E-state index is -0.557. The molecule has 0 spiro atoms. The molecule has 136 valence electrons. The summed E-state index contributed by atoms with van der Waals surface area (Å²) in [5.74, 6) is -1.09. The van der Waals surface area contributed by atoms with Crippen molar-refractivity contribution in [2.24, 2.45) is 0 Å². The molecule has 1 aliphatic rings. The Morgan fingerprint density at radius 1 is 1.15 bits per heavy atom. The first-order valence-corrected chi connectivity index (χ1v) is 8.84. The molecule has 3 rings (SSSR count). The summed E-state index contributed by atoms with van der Waals surface area (Å²) in [6.45, 7) is 1.96. The average molecular weight is 355 g/mol. The van der Waals surface area contributed by atoms with Gasteiger partial charge in [0, 0.05) is 31.4 Å². The number of likely N-dealkylation sites (tertiary alicyclic amines) is 1. The summed E-state index contributed by atoms with van der Waals surface area (Å²) in [5.41, 5.74) is 1.45. The molecule has 2 heterocycles. The largest absolute Gasteiger partial charge is 0.332 e. The van der Waals surface area contributed by atoms with Gasteiger partial charge in [-0.1, -0.05) is 12.8 Å². The number of amides is 2. The van der Waals surface area contributed by atoms with E-state index in [2.05, 4.69) is 10.3 Å². The van der Waals surface area contributed by atoms with Crippen LogP contribution in [0.2, 0.25) is 0 Å². The predicted octanol–water partition coefficient (Wildman–Crippen LogP) is 3.94. The van der Waals surface area contributed by atoms with Crippen molar-refractivity contribution in [2.45, 2.75) is 38.6 Å². The number of carbonyl (C=O) groups excluding carboxylic acids is 2. The summed E-state index contributed by atoms with van der Waals surface area (Å²) < 4.78 is 13.9. The smallest absolute Gasteiger partial charge is 0.254 e. The second-order valence-corrected chi connectivity index (χ2v) is 6.52. The highest BCUT2D eigenvalue weighted by Crippen LogP contribution is 2.31. The number of aromatic nitrogens is 1. The number of rotatable bonds is 3. The lowest BCUT2D eigenvalue weighted by Gasteiger charge is -2.30. The molecule has 1 aromatic carbocycles. The SMILES string of the molecule is CC(=O)Nc1cc(C(=O)N2CCCCC[C@H]2c2ccncc2)ccc1F. The normalized spacial score (nSPS) is 17.5. The first-order valence-electron chi connectivity index (χ1n) is 8.84. The average Bonchev–Trinajstić information content (AvgIpc) is 2.89. The van der Waals surface area contributed by atoms with Crippen LogP contribution in [0.5, 0.6) is 0 Å². The van der Waals surface area contributed by atoms with Crippen molar-refractivity contribution in [2.75, 3.05) is 11.9 Å². The van der Waals surface area contributed by atoms with Crippen LogP contribution in [0, 0.1) is 5.82 Å². The number of pyridine rings is 1. The van der Waals surface area contributed by atoms with Crippen LogP contribution in [0.3, 0.4) is 0 Å². The molecule has 2 amide bonds. The Morgan fingerprint density at radius 3 is 2.65 bits per heavy atom. The van der Waals surface area contributed by atoms with E-state index in [9.17, 15) is 14.0 Å². The molecule has 1 saturated heterocycles. The summed E-state index contributed by atoms with van der Waals surface area (Å²) in [7, 11) is 0. The van der Waals surface area contributed by atoms with E-state index in [0.717, 1.165) is 31.2 Å². The standard InChI is InChI=1S/C20H22FN3O2/c1-14(25)23-18-13-16(6-7-17(18)21)20(26)24-12-4-2-3-5-19(24)15-8-10-22-11-9-15/h6-11,13,19H,2-5,12H2,1H3,(H,23,25)/t19-/m0/s1. The second-order valence-electron chi connectivity index (χ2n) is 6.52. The summed E-state index contributed by atoms with van der Waals surface area (Å²) in [4.78, 5) is 30.3. The van der Waals surface area contributed by atoms with E-state index in [0.29, 0.717) is 12.1 Å². The second kappa shape index (κ2) is 8.08. The van der Waals surface area contributed by atoms with E-state index in [1.165, 1.54) is 25.1 Å². The van der Waals surface area contributed by atoms with Crippen molar-refractivity contribution in [3.8, 4) is 0 Å². The number of halogens is 1. The molecular weight excluding hydrogens is 333 g/mol. The lowest BCUT2D eigenvalue weighted by Crippen LogP contribution is -2.35. The molecule has 1 aliphatic heterocycles. The third-order valence-corrected chi connectivity index (χ3v) is 4.63. The minimum absolute atomic E-state index is 0.0257. The highest BCUT2D eigenvalue weighted by molar-refractivity contribution is 5.97. The zero-order valence-corrected chi connectivity index (χ0v) is 14.7. The topological polar surface area (TPSA) is 62.3 Å². The van der Waals surface area contributed by atoms with Gasteiger partial charge < -0.3 is 10.2 Å². The Kier molecular flexibility index (Phi) is 5.61. The van der Waals surface area contributed by atoms with Crippen LogP contribution in [0.25, 0.3) is 0 Å². The fourth-order valence-corrected chi connectivity index (χ4v) is 3.39. The molecule has 0 saturated carbocycles. The van der Waals surface area contributed by atoms with E-state index in [-0.39, 0.29) is 23.5 Å². The van der Waals surface area contributed by atoms with Gasteiger partial charge >= 0.3 is 0 Å². The van der Waals surface area contributed by atoms with Gasteiger partial charge in [0.15, 0.2) is 0 Å². The minimum Gasteiger partial charge on any atom is -0.332 e. The van der Waals surface area contributed by atoms with Gasteiger partial charge in [-0.05, 0) is 48.7 Å².